The van der Waals surface area contributed by atoms with Gasteiger partial charge in [0.15, 0.2) is 0 Å². The highest BCUT2D eigenvalue weighted by Gasteiger charge is 2.41. The van der Waals surface area contributed by atoms with Gasteiger partial charge in [-0.25, -0.2) is 0 Å². The lowest BCUT2D eigenvalue weighted by Crippen LogP contribution is -2.46. The Kier molecular flexibility index (Phi) is 11.3. The fraction of sp³-hybridized carbons (Fsp3) is 0.750. The molecule has 2 atom stereocenters. The summed E-state index contributed by atoms with van der Waals surface area (Å²) >= 11 is 5.74. The summed E-state index contributed by atoms with van der Waals surface area (Å²) in [4.78, 5) is 10.8. The van der Waals surface area contributed by atoms with Crippen LogP contribution in [-0.2, 0) is 9.53 Å². The van der Waals surface area contributed by atoms with E-state index in [0.717, 1.165) is 18.7 Å². The molecule has 0 saturated heterocycles. The van der Waals surface area contributed by atoms with E-state index < -0.39 is 29.8 Å². The molecule has 0 aliphatic rings. The van der Waals surface area contributed by atoms with Crippen LogP contribution >= 0.6 is 24.0 Å². The molecule has 0 saturated carbocycles. The minimum atomic E-state index is -4.58. The number of nitrogens with zero attached hydrogens (tertiary/aromatic N) is 1. The maximum absolute atomic E-state index is 12.8. The van der Waals surface area contributed by atoms with Crippen LogP contribution in [0.15, 0.2) is 0 Å². The van der Waals surface area contributed by atoms with Crippen LogP contribution in [0.25, 0.3) is 0 Å². The normalized spacial score (nSPS) is 13.3. The van der Waals surface area contributed by atoms with Gasteiger partial charge in [-0.15, -0.1) is 0 Å². The Balaban J connectivity index is 0. The first-order chi connectivity index (χ1) is 9.20. The number of thioether (sulfide) groups is 1. The van der Waals surface area contributed by atoms with E-state index in [4.69, 9.17) is 22.2 Å². The standard InChI is InChI=1S/C11H15F3N2O2S2.CH4/c1-3-18-10(19)20-8(4-5-15)6-9(11(12,13)14)16-7(2)17;/h8-9H,3-4,6H2,1-2H3,(H,16,17);1H4. The molecule has 0 aliphatic heterocycles. The van der Waals surface area contributed by atoms with Gasteiger partial charge in [-0.2, -0.15) is 18.4 Å². The molecule has 0 aromatic heterocycles. The molecule has 0 radical (unpaired) electrons. The van der Waals surface area contributed by atoms with Crippen LogP contribution in [-0.4, -0.2) is 34.4 Å². The third kappa shape index (κ3) is 10.4. The molecule has 1 N–H and O–H groups in total. The fourth-order valence-electron chi connectivity index (χ4n) is 1.35. The van der Waals surface area contributed by atoms with E-state index >= 15 is 0 Å². The Morgan fingerprint density at radius 2 is 2.10 bits per heavy atom. The van der Waals surface area contributed by atoms with E-state index in [-0.39, 0.29) is 18.2 Å². The van der Waals surface area contributed by atoms with Crippen LogP contribution in [0.5, 0.6) is 0 Å². The summed E-state index contributed by atoms with van der Waals surface area (Å²) in [5.74, 6) is -0.777. The molecule has 122 valence electrons. The fourth-order valence-corrected chi connectivity index (χ4v) is 2.78. The second kappa shape index (κ2) is 10.7. The van der Waals surface area contributed by atoms with Gasteiger partial charge < -0.3 is 10.1 Å². The Morgan fingerprint density at radius 3 is 2.48 bits per heavy atom. The molecule has 0 aliphatic carbocycles. The topological polar surface area (TPSA) is 62.1 Å². The summed E-state index contributed by atoms with van der Waals surface area (Å²) in [6.07, 6.45) is -5.13. The summed E-state index contributed by atoms with van der Waals surface area (Å²) in [7, 11) is 0. The number of ether oxygens (including phenoxy) is 1. The molecule has 21 heavy (non-hydrogen) atoms. The Labute approximate surface area is 132 Å². The Morgan fingerprint density at radius 1 is 1.52 bits per heavy atom. The molecule has 0 bridgehead atoms. The van der Waals surface area contributed by atoms with Crippen molar-refractivity contribution in [3.05, 3.63) is 0 Å². The van der Waals surface area contributed by atoms with E-state index in [9.17, 15) is 18.0 Å². The summed E-state index contributed by atoms with van der Waals surface area (Å²) in [6, 6.07) is -0.195. The van der Waals surface area contributed by atoms with E-state index in [1.165, 1.54) is 0 Å². The predicted molar refractivity (Wildman–Crippen MR) is 80.8 cm³/mol. The summed E-state index contributed by atoms with van der Waals surface area (Å²) in [5.41, 5.74) is 0. The van der Waals surface area contributed by atoms with Crippen molar-refractivity contribution >= 4 is 34.3 Å². The number of nitrogens with one attached hydrogen (secondary N) is 1. The molecule has 9 heteroatoms. The molecule has 4 nitrogen and oxygen atoms in total. The Hall–Kier alpha value is -1.01. The average Bonchev–Trinajstić information content (AvgIpc) is 2.26. The molecule has 2 unspecified atom stereocenters. The van der Waals surface area contributed by atoms with Gasteiger partial charge in [-0.05, 0) is 25.6 Å². The van der Waals surface area contributed by atoms with Gasteiger partial charge in [0.25, 0.3) is 0 Å². The molecule has 0 rings (SSSR count). The van der Waals surface area contributed by atoms with Crippen molar-refractivity contribution in [3.8, 4) is 6.07 Å². The Bertz CT molecular complexity index is 384. The number of thiocarbonyl (C=S) groups is 1. The second-order valence-corrected chi connectivity index (χ2v) is 5.72. The van der Waals surface area contributed by atoms with Gasteiger partial charge in [-0.3, -0.25) is 4.79 Å². The quantitative estimate of drug-likeness (QED) is 0.748. The van der Waals surface area contributed by atoms with Crippen molar-refractivity contribution in [1.82, 2.24) is 5.32 Å². The highest BCUT2D eigenvalue weighted by atomic mass is 32.2. The first kappa shape index (κ1) is 22.3. The molecule has 0 aromatic rings. The zero-order valence-electron chi connectivity index (χ0n) is 11.0. The number of amides is 1. The smallest absolute Gasteiger partial charge is 0.408 e. The number of carbonyl (C=O) groups excluding carboxylic acids is 1. The van der Waals surface area contributed by atoms with Crippen molar-refractivity contribution in [2.24, 2.45) is 0 Å². The monoisotopic (exact) mass is 344 g/mol. The molecule has 0 aromatic carbocycles. The zero-order chi connectivity index (χ0) is 15.8. The van der Waals surface area contributed by atoms with Crippen molar-refractivity contribution in [1.29, 1.82) is 5.26 Å². The van der Waals surface area contributed by atoms with Gasteiger partial charge in [0.05, 0.1) is 12.7 Å². The number of halogens is 3. The lowest BCUT2D eigenvalue weighted by Gasteiger charge is -2.24. The lowest BCUT2D eigenvalue weighted by molar-refractivity contribution is -0.162. The summed E-state index contributed by atoms with van der Waals surface area (Å²) in [6.45, 7) is 3.01. The number of rotatable bonds is 6. The number of carbonyl (C=O) groups is 1. The molecular formula is C12H19F3N2O2S2. The van der Waals surface area contributed by atoms with E-state index in [1.807, 2.05) is 11.4 Å². The van der Waals surface area contributed by atoms with Crippen LogP contribution < -0.4 is 5.32 Å². The SMILES string of the molecule is C.CCOC(=S)SC(CC#N)CC(NC(C)=O)C(F)(F)F. The maximum atomic E-state index is 12.8. The number of nitriles is 1. The van der Waals surface area contributed by atoms with Crippen LogP contribution in [0.2, 0.25) is 0 Å². The maximum Gasteiger partial charge on any atom is 0.408 e. The molecule has 0 heterocycles. The molecular weight excluding hydrogens is 325 g/mol. The van der Waals surface area contributed by atoms with Gasteiger partial charge in [0.2, 0.25) is 10.3 Å². The lowest BCUT2D eigenvalue weighted by atomic mass is 10.1. The van der Waals surface area contributed by atoms with Crippen molar-refractivity contribution in [3.63, 3.8) is 0 Å². The van der Waals surface area contributed by atoms with Crippen LogP contribution in [0, 0.1) is 11.3 Å². The number of hydrogen-bond acceptors (Lipinski definition) is 5. The number of hydrogen-bond donors (Lipinski definition) is 1. The third-order valence-corrected chi connectivity index (χ3v) is 3.52. The predicted octanol–water partition coefficient (Wildman–Crippen LogP) is 3.42. The van der Waals surface area contributed by atoms with Crippen LogP contribution in [0.1, 0.15) is 34.1 Å². The molecule has 0 spiro atoms. The van der Waals surface area contributed by atoms with Crippen molar-refractivity contribution < 1.29 is 22.7 Å². The van der Waals surface area contributed by atoms with Gasteiger partial charge in [-0.1, -0.05) is 19.2 Å². The van der Waals surface area contributed by atoms with Gasteiger partial charge in [0.1, 0.15) is 6.04 Å². The zero-order valence-corrected chi connectivity index (χ0v) is 12.6. The average molecular weight is 344 g/mol. The van der Waals surface area contributed by atoms with Gasteiger partial charge >= 0.3 is 6.18 Å². The highest BCUT2D eigenvalue weighted by Crippen LogP contribution is 2.29. The van der Waals surface area contributed by atoms with E-state index in [2.05, 4.69) is 0 Å². The number of alkyl halides is 3. The van der Waals surface area contributed by atoms with Gasteiger partial charge in [0, 0.05) is 18.6 Å². The minimum absolute atomic E-state index is 0. The van der Waals surface area contributed by atoms with E-state index in [0.29, 0.717) is 6.61 Å². The van der Waals surface area contributed by atoms with Crippen LogP contribution in [0.3, 0.4) is 0 Å². The van der Waals surface area contributed by atoms with Crippen molar-refractivity contribution in [2.75, 3.05) is 6.61 Å². The highest BCUT2D eigenvalue weighted by molar-refractivity contribution is 8.23. The van der Waals surface area contributed by atoms with Crippen molar-refractivity contribution in [2.45, 2.75) is 51.6 Å². The molecule has 0 fully saturated rings. The van der Waals surface area contributed by atoms with E-state index in [1.54, 1.807) is 6.92 Å². The molecule has 1 amide bonds. The third-order valence-electron chi connectivity index (χ3n) is 2.12. The first-order valence-corrected chi connectivity index (χ1v) is 7.03. The largest absolute Gasteiger partial charge is 0.479 e. The summed E-state index contributed by atoms with van der Waals surface area (Å²) in [5, 5.41) is 9.81. The first-order valence-electron chi connectivity index (χ1n) is 5.74. The summed E-state index contributed by atoms with van der Waals surface area (Å²) < 4.78 is 43.5. The van der Waals surface area contributed by atoms with Crippen LogP contribution in [0.4, 0.5) is 13.2 Å². The minimum Gasteiger partial charge on any atom is -0.479 e. The second-order valence-electron chi connectivity index (χ2n) is 3.82.